The van der Waals surface area contributed by atoms with Crippen LogP contribution in [-0.4, -0.2) is 6.26 Å². The minimum atomic E-state index is 0.453. The molecule has 2 heteroatoms. The van der Waals surface area contributed by atoms with Crippen LogP contribution in [0.3, 0.4) is 0 Å². The first-order valence-electron chi connectivity index (χ1n) is 3.52. The second-order valence-corrected chi connectivity index (χ2v) is 4.65. The molecule has 60 valence electrons. The van der Waals surface area contributed by atoms with Gasteiger partial charge in [0.2, 0.25) is 0 Å². The first-order chi connectivity index (χ1) is 5.24. The molecule has 0 heterocycles. The molecule has 1 atom stereocenters. The summed E-state index contributed by atoms with van der Waals surface area (Å²) in [5.74, 6) is 0. The molecule has 0 amide bonds. The molecular formula is C9H11BrS. The van der Waals surface area contributed by atoms with Gasteiger partial charge < -0.3 is 0 Å². The number of halogens is 1. The van der Waals surface area contributed by atoms with Crippen molar-refractivity contribution in [3.63, 3.8) is 0 Å². The van der Waals surface area contributed by atoms with E-state index in [1.165, 1.54) is 10.5 Å². The van der Waals surface area contributed by atoms with Gasteiger partial charge in [-0.3, -0.25) is 0 Å². The third-order valence-corrected chi connectivity index (χ3v) is 2.81. The van der Waals surface area contributed by atoms with Crippen LogP contribution < -0.4 is 0 Å². The fraction of sp³-hybridized carbons (Fsp3) is 0.333. The van der Waals surface area contributed by atoms with Crippen molar-refractivity contribution in [1.29, 1.82) is 0 Å². The number of hydrogen-bond donors (Lipinski definition) is 0. The highest BCUT2D eigenvalue weighted by atomic mass is 79.9. The Morgan fingerprint density at radius 1 is 1.45 bits per heavy atom. The highest BCUT2D eigenvalue weighted by molar-refractivity contribution is 9.09. The van der Waals surface area contributed by atoms with Crippen molar-refractivity contribution in [2.45, 2.75) is 16.6 Å². The zero-order chi connectivity index (χ0) is 8.27. The summed E-state index contributed by atoms with van der Waals surface area (Å²) in [5, 5.41) is 0. The van der Waals surface area contributed by atoms with Crippen LogP contribution in [0.25, 0.3) is 0 Å². The van der Waals surface area contributed by atoms with Gasteiger partial charge in [-0.1, -0.05) is 28.1 Å². The number of benzene rings is 1. The summed E-state index contributed by atoms with van der Waals surface area (Å²) >= 11 is 5.32. The fourth-order valence-corrected chi connectivity index (χ4v) is 1.64. The highest BCUT2D eigenvalue weighted by Gasteiger charge is 1.99. The maximum Gasteiger partial charge on any atom is 0.0367 e. The van der Waals surface area contributed by atoms with E-state index in [1.807, 2.05) is 0 Å². The van der Waals surface area contributed by atoms with Crippen molar-refractivity contribution < 1.29 is 0 Å². The SMILES string of the molecule is CSc1cccc(C(C)Br)c1. The number of alkyl halides is 1. The summed E-state index contributed by atoms with van der Waals surface area (Å²) in [4.78, 5) is 1.78. The van der Waals surface area contributed by atoms with Gasteiger partial charge in [-0.25, -0.2) is 0 Å². The molecule has 0 spiro atoms. The summed E-state index contributed by atoms with van der Waals surface area (Å²) in [6.45, 7) is 2.14. The maximum atomic E-state index is 3.54. The van der Waals surface area contributed by atoms with E-state index in [0.717, 1.165) is 0 Å². The van der Waals surface area contributed by atoms with Crippen molar-refractivity contribution in [3.8, 4) is 0 Å². The quantitative estimate of drug-likeness (QED) is 0.550. The Balaban J connectivity index is 2.91. The van der Waals surface area contributed by atoms with Gasteiger partial charge in [0.05, 0.1) is 0 Å². The topological polar surface area (TPSA) is 0 Å². The normalized spacial score (nSPS) is 13.0. The lowest BCUT2D eigenvalue weighted by atomic mass is 10.2. The Kier molecular flexibility index (Phi) is 3.46. The molecule has 1 rings (SSSR count). The van der Waals surface area contributed by atoms with Crippen LogP contribution >= 0.6 is 27.7 Å². The van der Waals surface area contributed by atoms with Crippen LogP contribution in [0.15, 0.2) is 29.2 Å². The number of hydrogen-bond acceptors (Lipinski definition) is 1. The van der Waals surface area contributed by atoms with Gasteiger partial charge in [0, 0.05) is 9.72 Å². The van der Waals surface area contributed by atoms with Crippen molar-refractivity contribution in [3.05, 3.63) is 29.8 Å². The Bertz CT molecular complexity index is 233. The van der Waals surface area contributed by atoms with Gasteiger partial charge in [0.15, 0.2) is 0 Å². The van der Waals surface area contributed by atoms with E-state index < -0.39 is 0 Å². The van der Waals surface area contributed by atoms with Crippen molar-refractivity contribution in [1.82, 2.24) is 0 Å². The predicted molar refractivity (Wildman–Crippen MR) is 55.6 cm³/mol. The zero-order valence-electron chi connectivity index (χ0n) is 6.67. The summed E-state index contributed by atoms with van der Waals surface area (Å²) in [6.07, 6.45) is 2.10. The molecule has 0 fully saturated rings. The van der Waals surface area contributed by atoms with Crippen LogP contribution in [0.5, 0.6) is 0 Å². The van der Waals surface area contributed by atoms with Crippen LogP contribution in [0.2, 0.25) is 0 Å². The molecule has 1 aromatic rings. The molecule has 1 aromatic carbocycles. The first kappa shape index (κ1) is 9.14. The van der Waals surface area contributed by atoms with E-state index in [2.05, 4.69) is 53.4 Å². The molecule has 0 bridgehead atoms. The first-order valence-corrected chi connectivity index (χ1v) is 5.66. The standard InChI is InChI=1S/C9H11BrS/c1-7(10)8-4-3-5-9(6-8)11-2/h3-7H,1-2H3. The van der Waals surface area contributed by atoms with Gasteiger partial charge in [-0.15, -0.1) is 11.8 Å². The minimum absolute atomic E-state index is 0.453. The second kappa shape index (κ2) is 4.17. The Morgan fingerprint density at radius 2 is 2.18 bits per heavy atom. The molecule has 0 aromatic heterocycles. The van der Waals surface area contributed by atoms with E-state index in [9.17, 15) is 0 Å². The smallest absolute Gasteiger partial charge is 0.0367 e. The molecule has 0 N–H and O–H groups in total. The lowest BCUT2D eigenvalue weighted by Gasteiger charge is -2.04. The lowest BCUT2D eigenvalue weighted by molar-refractivity contribution is 1.11. The minimum Gasteiger partial charge on any atom is -0.130 e. The van der Waals surface area contributed by atoms with Crippen molar-refractivity contribution >= 4 is 27.7 Å². The molecule has 0 saturated carbocycles. The summed E-state index contributed by atoms with van der Waals surface area (Å²) in [6, 6.07) is 8.58. The Morgan fingerprint density at radius 3 is 2.73 bits per heavy atom. The number of rotatable bonds is 2. The highest BCUT2D eigenvalue weighted by Crippen LogP contribution is 2.25. The Labute approximate surface area is 80.5 Å². The summed E-state index contributed by atoms with van der Waals surface area (Å²) in [5.41, 5.74) is 1.34. The van der Waals surface area contributed by atoms with Gasteiger partial charge in [-0.05, 0) is 30.9 Å². The average molecular weight is 231 g/mol. The summed E-state index contributed by atoms with van der Waals surface area (Å²) < 4.78 is 0. The molecule has 0 aliphatic carbocycles. The molecular weight excluding hydrogens is 220 g/mol. The zero-order valence-corrected chi connectivity index (χ0v) is 9.08. The summed E-state index contributed by atoms with van der Waals surface area (Å²) in [7, 11) is 0. The van der Waals surface area contributed by atoms with Crippen molar-refractivity contribution in [2.24, 2.45) is 0 Å². The van der Waals surface area contributed by atoms with Gasteiger partial charge in [0.25, 0.3) is 0 Å². The predicted octanol–water partition coefficient (Wildman–Crippen LogP) is 3.86. The molecule has 1 unspecified atom stereocenters. The maximum absolute atomic E-state index is 3.54. The molecule has 0 aliphatic heterocycles. The molecule has 0 nitrogen and oxygen atoms in total. The monoisotopic (exact) mass is 230 g/mol. The molecule has 0 radical (unpaired) electrons. The van der Waals surface area contributed by atoms with E-state index >= 15 is 0 Å². The average Bonchev–Trinajstić information content (AvgIpc) is 2.05. The second-order valence-electron chi connectivity index (χ2n) is 2.39. The van der Waals surface area contributed by atoms with Gasteiger partial charge in [-0.2, -0.15) is 0 Å². The van der Waals surface area contributed by atoms with E-state index in [4.69, 9.17) is 0 Å². The van der Waals surface area contributed by atoms with Crippen molar-refractivity contribution in [2.75, 3.05) is 6.26 Å². The van der Waals surface area contributed by atoms with Crippen LogP contribution in [0.1, 0.15) is 17.3 Å². The fourth-order valence-electron chi connectivity index (χ4n) is 0.889. The van der Waals surface area contributed by atoms with E-state index in [-0.39, 0.29) is 0 Å². The van der Waals surface area contributed by atoms with Crippen LogP contribution in [0, 0.1) is 0 Å². The van der Waals surface area contributed by atoms with Crippen LogP contribution in [0.4, 0.5) is 0 Å². The number of thioether (sulfide) groups is 1. The van der Waals surface area contributed by atoms with E-state index in [0.29, 0.717) is 4.83 Å². The van der Waals surface area contributed by atoms with E-state index in [1.54, 1.807) is 11.8 Å². The lowest BCUT2D eigenvalue weighted by Crippen LogP contribution is -1.82. The molecule has 0 saturated heterocycles. The van der Waals surface area contributed by atoms with Gasteiger partial charge >= 0.3 is 0 Å². The largest absolute Gasteiger partial charge is 0.130 e. The molecule has 11 heavy (non-hydrogen) atoms. The Hall–Kier alpha value is 0.0500. The third kappa shape index (κ3) is 2.53. The third-order valence-electron chi connectivity index (χ3n) is 1.55. The molecule has 0 aliphatic rings. The van der Waals surface area contributed by atoms with Crippen LogP contribution in [-0.2, 0) is 0 Å². The van der Waals surface area contributed by atoms with Gasteiger partial charge in [0.1, 0.15) is 0 Å².